The smallest absolute Gasteiger partial charge is 0.332 e. The van der Waals surface area contributed by atoms with Gasteiger partial charge in [0.2, 0.25) is 5.91 Å². The second kappa shape index (κ2) is 7.95. The van der Waals surface area contributed by atoms with Crippen molar-refractivity contribution in [3.63, 3.8) is 0 Å². The molecule has 1 unspecified atom stereocenters. The molecule has 0 aromatic heterocycles. The predicted octanol–water partition coefficient (Wildman–Crippen LogP) is 0.743. The maximum Gasteiger partial charge on any atom is 0.332 e. The van der Waals surface area contributed by atoms with Gasteiger partial charge in [0, 0.05) is 18.2 Å². The van der Waals surface area contributed by atoms with Crippen molar-refractivity contribution >= 4 is 17.6 Å². The van der Waals surface area contributed by atoms with Gasteiger partial charge in [0.1, 0.15) is 0 Å². The van der Waals surface area contributed by atoms with Crippen LogP contribution in [0.5, 0.6) is 0 Å². The third-order valence-electron chi connectivity index (χ3n) is 2.68. The summed E-state index contributed by atoms with van der Waals surface area (Å²) in [6.07, 6.45) is -1.07. The first kappa shape index (κ1) is 16.6. The van der Waals surface area contributed by atoms with Crippen molar-refractivity contribution in [3.8, 4) is 0 Å². The molecular formula is C13H16N2O6. The van der Waals surface area contributed by atoms with Gasteiger partial charge < -0.3 is 15.2 Å². The van der Waals surface area contributed by atoms with Crippen molar-refractivity contribution in [2.75, 3.05) is 13.2 Å². The molecule has 0 aliphatic carbocycles. The molecule has 0 saturated carbocycles. The largest absolute Gasteiger partial charge is 0.479 e. The minimum atomic E-state index is -1.08. The number of ether oxygens (including phenoxy) is 1. The summed E-state index contributed by atoms with van der Waals surface area (Å²) in [6.45, 7) is 1.57. The maximum absolute atomic E-state index is 11.7. The molecule has 1 rings (SSSR count). The average molecular weight is 296 g/mol. The van der Waals surface area contributed by atoms with Gasteiger partial charge in [-0.1, -0.05) is 18.2 Å². The number of carbonyl (C=O) groups excluding carboxylic acids is 1. The van der Waals surface area contributed by atoms with Gasteiger partial charge in [-0.2, -0.15) is 0 Å². The molecule has 0 saturated heterocycles. The fourth-order valence-corrected chi connectivity index (χ4v) is 1.57. The van der Waals surface area contributed by atoms with Gasteiger partial charge in [0.25, 0.3) is 5.69 Å². The molecule has 0 radical (unpaired) electrons. The number of carbonyl (C=O) groups is 2. The number of nitro groups is 1. The zero-order valence-electron chi connectivity index (χ0n) is 11.4. The average Bonchev–Trinajstić information content (AvgIpc) is 2.43. The van der Waals surface area contributed by atoms with Crippen molar-refractivity contribution in [1.29, 1.82) is 0 Å². The Labute approximate surface area is 120 Å². The summed E-state index contributed by atoms with van der Waals surface area (Å²) in [4.78, 5) is 32.4. The van der Waals surface area contributed by atoms with Gasteiger partial charge >= 0.3 is 5.97 Å². The molecule has 0 aliphatic rings. The van der Waals surface area contributed by atoms with E-state index in [1.165, 1.54) is 25.1 Å². The van der Waals surface area contributed by atoms with Gasteiger partial charge in [-0.25, -0.2) is 4.79 Å². The van der Waals surface area contributed by atoms with E-state index >= 15 is 0 Å². The van der Waals surface area contributed by atoms with Crippen LogP contribution in [0.25, 0.3) is 0 Å². The molecule has 0 spiro atoms. The van der Waals surface area contributed by atoms with E-state index in [9.17, 15) is 19.7 Å². The highest BCUT2D eigenvalue weighted by molar-refractivity contribution is 5.79. The van der Waals surface area contributed by atoms with Crippen molar-refractivity contribution in [2.45, 2.75) is 19.4 Å². The minimum Gasteiger partial charge on any atom is -0.479 e. The molecule has 114 valence electrons. The Morgan fingerprint density at radius 3 is 2.71 bits per heavy atom. The summed E-state index contributed by atoms with van der Waals surface area (Å²) < 4.78 is 4.94. The van der Waals surface area contributed by atoms with Crippen molar-refractivity contribution in [2.24, 2.45) is 0 Å². The van der Waals surface area contributed by atoms with Gasteiger partial charge in [-0.05, 0) is 6.92 Å². The van der Waals surface area contributed by atoms with Crippen LogP contribution in [-0.4, -0.2) is 41.2 Å². The minimum absolute atomic E-state index is 0.0517. The zero-order chi connectivity index (χ0) is 15.8. The van der Waals surface area contributed by atoms with Crippen LogP contribution in [0.3, 0.4) is 0 Å². The van der Waals surface area contributed by atoms with Gasteiger partial charge in [-0.3, -0.25) is 14.9 Å². The summed E-state index contributed by atoms with van der Waals surface area (Å²) in [6, 6.07) is 5.99. The van der Waals surface area contributed by atoms with Crippen LogP contribution in [0.4, 0.5) is 5.69 Å². The number of hydrogen-bond acceptors (Lipinski definition) is 5. The number of rotatable bonds is 8. The van der Waals surface area contributed by atoms with Crippen molar-refractivity contribution < 1.29 is 24.4 Å². The maximum atomic E-state index is 11.7. The highest BCUT2D eigenvalue weighted by Gasteiger charge is 2.15. The van der Waals surface area contributed by atoms with Crippen LogP contribution in [0.15, 0.2) is 24.3 Å². The molecule has 0 fully saturated rings. The Morgan fingerprint density at radius 1 is 1.43 bits per heavy atom. The standard InChI is InChI=1S/C13H16N2O6/c1-9(13(17)18)21-7-6-14-12(16)8-10-4-2-3-5-11(10)15(19)20/h2-5,9H,6-8H2,1H3,(H,14,16)(H,17,18). The molecule has 0 aliphatic heterocycles. The molecule has 21 heavy (non-hydrogen) atoms. The number of nitro benzene ring substituents is 1. The summed E-state index contributed by atoms with van der Waals surface area (Å²) in [7, 11) is 0. The first-order valence-corrected chi connectivity index (χ1v) is 6.25. The lowest BCUT2D eigenvalue weighted by Crippen LogP contribution is -2.31. The Balaban J connectivity index is 2.41. The highest BCUT2D eigenvalue weighted by atomic mass is 16.6. The van der Waals surface area contributed by atoms with Crippen LogP contribution >= 0.6 is 0 Å². The van der Waals surface area contributed by atoms with Gasteiger partial charge in [0.15, 0.2) is 6.10 Å². The lowest BCUT2D eigenvalue weighted by atomic mass is 10.1. The van der Waals surface area contributed by atoms with E-state index in [0.717, 1.165) is 0 Å². The number of carboxylic acids is 1. The fourth-order valence-electron chi connectivity index (χ4n) is 1.57. The number of aliphatic carboxylic acids is 1. The highest BCUT2D eigenvalue weighted by Crippen LogP contribution is 2.17. The van der Waals surface area contributed by atoms with Crippen LogP contribution < -0.4 is 5.32 Å². The van der Waals surface area contributed by atoms with Crippen LogP contribution in [0.2, 0.25) is 0 Å². The van der Waals surface area contributed by atoms with E-state index < -0.39 is 22.9 Å². The Morgan fingerprint density at radius 2 is 2.10 bits per heavy atom. The van der Waals surface area contributed by atoms with E-state index in [2.05, 4.69) is 5.32 Å². The van der Waals surface area contributed by atoms with E-state index in [1.807, 2.05) is 0 Å². The molecule has 0 heterocycles. The Kier molecular flexibility index (Phi) is 6.28. The van der Waals surface area contributed by atoms with E-state index in [1.54, 1.807) is 6.07 Å². The number of nitrogens with zero attached hydrogens (tertiary/aromatic N) is 1. The van der Waals surface area contributed by atoms with Gasteiger partial charge in [0.05, 0.1) is 18.0 Å². The molecule has 1 aromatic carbocycles. The molecule has 1 amide bonds. The molecule has 0 bridgehead atoms. The lowest BCUT2D eigenvalue weighted by molar-refractivity contribution is -0.385. The topological polar surface area (TPSA) is 119 Å². The molecule has 1 atom stereocenters. The fraction of sp³-hybridized carbons (Fsp3) is 0.385. The van der Waals surface area contributed by atoms with Crippen molar-refractivity contribution in [1.82, 2.24) is 5.32 Å². The first-order valence-electron chi connectivity index (χ1n) is 6.25. The quantitative estimate of drug-likeness (QED) is 0.415. The van der Waals surface area contributed by atoms with Crippen molar-refractivity contribution in [3.05, 3.63) is 39.9 Å². The molecule has 2 N–H and O–H groups in total. The normalized spacial score (nSPS) is 11.7. The lowest BCUT2D eigenvalue weighted by Gasteiger charge is -2.09. The molecule has 1 aromatic rings. The van der Waals surface area contributed by atoms with E-state index in [0.29, 0.717) is 5.56 Å². The number of amides is 1. The zero-order valence-corrected chi connectivity index (χ0v) is 11.4. The third-order valence-corrected chi connectivity index (χ3v) is 2.68. The molecule has 8 heteroatoms. The van der Waals surface area contributed by atoms with Gasteiger partial charge in [-0.15, -0.1) is 0 Å². The van der Waals surface area contributed by atoms with E-state index in [4.69, 9.17) is 9.84 Å². The Hall–Kier alpha value is -2.48. The summed E-state index contributed by atoms with van der Waals surface area (Å²) in [5.74, 6) is -1.47. The molecular weight excluding hydrogens is 280 g/mol. The summed E-state index contributed by atoms with van der Waals surface area (Å²) in [5, 5.41) is 21.9. The number of benzene rings is 1. The third kappa shape index (κ3) is 5.57. The number of para-hydroxylation sites is 1. The monoisotopic (exact) mass is 296 g/mol. The second-order valence-corrected chi connectivity index (χ2v) is 4.26. The Bertz CT molecular complexity index is 531. The van der Waals surface area contributed by atoms with Crippen LogP contribution in [0, 0.1) is 10.1 Å². The number of hydrogen-bond donors (Lipinski definition) is 2. The first-order chi connectivity index (χ1) is 9.91. The number of carboxylic acid groups (broad SMARTS) is 1. The second-order valence-electron chi connectivity index (χ2n) is 4.26. The summed E-state index contributed by atoms with van der Waals surface area (Å²) >= 11 is 0. The van der Waals surface area contributed by atoms with E-state index in [-0.39, 0.29) is 25.3 Å². The SMILES string of the molecule is CC(OCCNC(=O)Cc1ccccc1[N+](=O)[O-])C(=O)O. The molecule has 8 nitrogen and oxygen atoms in total. The summed E-state index contributed by atoms with van der Waals surface area (Å²) in [5.41, 5.74) is 0.211. The number of nitrogens with one attached hydrogen (secondary N) is 1. The van der Waals surface area contributed by atoms with Crippen LogP contribution in [-0.2, 0) is 20.7 Å². The van der Waals surface area contributed by atoms with Crippen LogP contribution in [0.1, 0.15) is 12.5 Å². The predicted molar refractivity (Wildman–Crippen MR) is 72.9 cm³/mol.